The molecule has 1 N–H and O–H groups in total. The minimum atomic E-state index is 0.0851. The maximum absolute atomic E-state index is 12.9. The molecule has 1 fully saturated rings. The van der Waals surface area contributed by atoms with Gasteiger partial charge in [0.15, 0.2) is 0 Å². The number of amides is 1. The Kier molecular flexibility index (Phi) is 4.94. The molecule has 4 nitrogen and oxygen atoms in total. The van der Waals surface area contributed by atoms with Crippen LogP contribution in [0.25, 0.3) is 10.9 Å². The Balaban J connectivity index is 1.39. The number of aryl methyl sites for hydroxylation is 2. The average molecular weight is 382 g/mol. The molecule has 5 heteroatoms. The van der Waals surface area contributed by atoms with E-state index in [0.29, 0.717) is 5.69 Å². The summed E-state index contributed by atoms with van der Waals surface area (Å²) in [6, 6.07) is 14.4. The molecule has 1 aromatic heterocycles. The molecule has 4 rings (SSSR count). The zero-order valence-electron chi connectivity index (χ0n) is 15.8. The topological polar surface area (TPSA) is 39.3 Å². The fraction of sp³-hybridized carbons (Fsp3) is 0.318. The molecule has 2 aromatic carbocycles. The number of aromatic nitrogens is 1. The van der Waals surface area contributed by atoms with Crippen LogP contribution in [0, 0.1) is 13.8 Å². The number of halogens is 1. The van der Waals surface area contributed by atoms with E-state index in [-0.39, 0.29) is 5.91 Å². The summed E-state index contributed by atoms with van der Waals surface area (Å²) in [5, 5.41) is 1.91. The van der Waals surface area contributed by atoms with Gasteiger partial charge in [-0.25, -0.2) is 0 Å². The lowest BCUT2D eigenvalue weighted by Crippen LogP contribution is -2.48. The zero-order valence-corrected chi connectivity index (χ0v) is 16.5. The lowest BCUT2D eigenvalue weighted by atomic mass is 10.1. The van der Waals surface area contributed by atoms with Crippen LogP contribution >= 0.6 is 11.6 Å². The van der Waals surface area contributed by atoms with Crippen molar-refractivity contribution in [2.75, 3.05) is 26.2 Å². The quantitative estimate of drug-likeness (QED) is 0.730. The second kappa shape index (κ2) is 7.37. The number of carbonyl (C=O) groups is 1. The van der Waals surface area contributed by atoms with Gasteiger partial charge in [0.1, 0.15) is 5.69 Å². The molecule has 27 heavy (non-hydrogen) atoms. The molecule has 0 radical (unpaired) electrons. The van der Waals surface area contributed by atoms with Crippen LogP contribution in [0.2, 0.25) is 5.02 Å². The van der Waals surface area contributed by atoms with Crippen molar-refractivity contribution >= 4 is 28.4 Å². The van der Waals surface area contributed by atoms with Crippen molar-refractivity contribution in [3.63, 3.8) is 0 Å². The lowest BCUT2D eigenvalue weighted by molar-refractivity contribution is 0.0623. The van der Waals surface area contributed by atoms with Crippen LogP contribution in [0.3, 0.4) is 0 Å². The van der Waals surface area contributed by atoms with E-state index < -0.39 is 0 Å². The molecule has 0 unspecified atom stereocenters. The number of piperazine rings is 1. The predicted octanol–water partition coefficient (Wildman–Crippen LogP) is 4.40. The maximum Gasteiger partial charge on any atom is 0.270 e. The molecule has 2 heterocycles. The first-order chi connectivity index (χ1) is 13.0. The second-order valence-electron chi connectivity index (χ2n) is 7.43. The van der Waals surface area contributed by atoms with Gasteiger partial charge in [-0.15, -0.1) is 0 Å². The summed E-state index contributed by atoms with van der Waals surface area (Å²) < 4.78 is 0. The summed E-state index contributed by atoms with van der Waals surface area (Å²) in [5.74, 6) is 0.0851. The molecular formula is C22H24ClN3O. The van der Waals surface area contributed by atoms with Gasteiger partial charge in [0, 0.05) is 48.6 Å². The van der Waals surface area contributed by atoms with Gasteiger partial charge in [0.05, 0.1) is 0 Å². The third kappa shape index (κ3) is 3.87. The number of hydrogen-bond acceptors (Lipinski definition) is 2. The highest BCUT2D eigenvalue weighted by Gasteiger charge is 2.23. The smallest absolute Gasteiger partial charge is 0.270 e. The van der Waals surface area contributed by atoms with Gasteiger partial charge in [0.25, 0.3) is 5.91 Å². The summed E-state index contributed by atoms with van der Waals surface area (Å²) in [4.78, 5) is 20.4. The molecule has 1 saturated heterocycles. The van der Waals surface area contributed by atoms with Crippen LogP contribution in [0.4, 0.5) is 0 Å². The van der Waals surface area contributed by atoms with Crippen molar-refractivity contribution in [2.24, 2.45) is 0 Å². The Morgan fingerprint density at radius 1 is 1.04 bits per heavy atom. The number of nitrogens with zero attached hydrogens (tertiary/aromatic N) is 2. The molecule has 0 atom stereocenters. The van der Waals surface area contributed by atoms with E-state index in [2.05, 4.69) is 41.1 Å². The van der Waals surface area contributed by atoms with E-state index in [1.807, 2.05) is 30.0 Å². The van der Waals surface area contributed by atoms with Crippen molar-refractivity contribution in [3.05, 3.63) is 69.9 Å². The third-order valence-electron chi connectivity index (χ3n) is 5.31. The number of aromatic amines is 1. The molecule has 0 spiro atoms. The largest absolute Gasteiger partial charge is 0.351 e. The minimum absolute atomic E-state index is 0.0851. The van der Waals surface area contributed by atoms with Crippen LogP contribution in [-0.4, -0.2) is 46.9 Å². The summed E-state index contributed by atoms with van der Waals surface area (Å²) >= 11 is 6.23. The Morgan fingerprint density at radius 3 is 2.56 bits per heavy atom. The Hall–Kier alpha value is -2.30. The average Bonchev–Trinajstić information content (AvgIpc) is 3.08. The Labute approximate surface area is 164 Å². The van der Waals surface area contributed by atoms with E-state index in [1.54, 1.807) is 0 Å². The van der Waals surface area contributed by atoms with Crippen molar-refractivity contribution < 1.29 is 4.79 Å². The van der Waals surface area contributed by atoms with Crippen LogP contribution in [0.5, 0.6) is 0 Å². The lowest BCUT2D eigenvalue weighted by Gasteiger charge is -2.34. The van der Waals surface area contributed by atoms with E-state index in [0.717, 1.165) is 54.2 Å². The standard InChI is InChI=1S/C22H24ClN3O/c1-15-3-6-20-18(11-15)13-21(24-20)22(27)26-9-7-25(8-10-26)14-17-5-4-16(2)19(23)12-17/h3-6,11-13,24H,7-10,14H2,1-2H3. The first-order valence-corrected chi connectivity index (χ1v) is 9.73. The highest BCUT2D eigenvalue weighted by molar-refractivity contribution is 6.31. The van der Waals surface area contributed by atoms with Crippen molar-refractivity contribution in [1.29, 1.82) is 0 Å². The fourth-order valence-electron chi connectivity index (χ4n) is 3.64. The summed E-state index contributed by atoms with van der Waals surface area (Å²) in [6.45, 7) is 8.18. The Morgan fingerprint density at radius 2 is 1.81 bits per heavy atom. The number of hydrogen-bond donors (Lipinski definition) is 1. The van der Waals surface area contributed by atoms with E-state index >= 15 is 0 Å². The highest BCUT2D eigenvalue weighted by atomic mass is 35.5. The normalized spacial score (nSPS) is 15.4. The Bertz CT molecular complexity index is 986. The second-order valence-corrected chi connectivity index (χ2v) is 7.83. The van der Waals surface area contributed by atoms with Gasteiger partial charge in [-0.2, -0.15) is 0 Å². The zero-order chi connectivity index (χ0) is 19.0. The number of nitrogens with one attached hydrogen (secondary N) is 1. The number of benzene rings is 2. The number of H-pyrrole nitrogens is 1. The van der Waals surface area contributed by atoms with Crippen LogP contribution in [-0.2, 0) is 6.54 Å². The highest BCUT2D eigenvalue weighted by Crippen LogP contribution is 2.20. The predicted molar refractivity (Wildman–Crippen MR) is 110 cm³/mol. The van der Waals surface area contributed by atoms with Gasteiger partial charge in [-0.1, -0.05) is 35.4 Å². The molecule has 140 valence electrons. The van der Waals surface area contributed by atoms with Gasteiger partial charge in [-0.3, -0.25) is 9.69 Å². The molecule has 1 aliphatic heterocycles. The fourth-order valence-corrected chi connectivity index (χ4v) is 3.84. The first kappa shape index (κ1) is 18.1. The number of rotatable bonds is 3. The maximum atomic E-state index is 12.9. The van der Waals surface area contributed by atoms with Gasteiger partial charge in [0.2, 0.25) is 0 Å². The summed E-state index contributed by atoms with van der Waals surface area (Å²) in [5.41, 5.74) is 5.21. The van der Waals surface area contributed by atoms with Gasteiger partial charge < -0.3 is 9.88 Å². The van der Waals surface area contributed by atoms with Crippen LogP contribution < -0.4 is 0 Å². The summed E-state index contributed by atoms with van der Waals surface area (Å²) in [7, 11) is 0. The van der Waals surface area contributed by atoms with Crippen LogP contribution in [0.1, 0.15) is 27.2 Å². The third-order valence-corrected chi connectivity index (χ3v) is 5.72. The van der Waals surface area contributed by atoms with Crippen molar-refractivity contribution in [2.45, 2.75) is 20.4 Å². The first-order valence-electron chi connectivity index (χ1n) is 9.35. The number of carbonyl (C=O) groups excluding carboxylic acids is 1. The van der Waals surface area contributed by atoms with Gasteiger partial charge >= 0.3 is 0 Å². The van der Waals surface area contributed by atoms with E-state index in [1.165, 1.54) is 11.1 Å². The molecule has 1 aliphatic rings. The monoisotopic (exact) mass is 381 g/mol. The van der Waals surface area contributed by atoms with Gasteiger partial charge in [-0.05, 0) is 49.2 Å². The molecule has 0 bridgehead atoms. The molecule has 1 amide bonds. The van der Waals surface area contributed by atoms with Crippen molar-refractivity contribution in [1.82, 2.24) is 14.8 Å². The van der Waals surface area contributed by atoms with Crippen LogP contribution in [0.15, 0.2) is 42.5 Å². The van der Waals surface area contributed by atoms with Crippen molar-refractivity contribution in [3.8, 4) is 0 Å². The molecule has 0 saturated carbocycles. The minimum Gasteiger partial charge on any atom is -0.351 e. The SMILES string of the molecule is Cc1ccc2[nH]c(C(=O)N3CCN(Cc4ccc(C)c(Cl)c4)CC3)cc2c1. The summed E-state index contributed by atoms with van der Waals surface area (Å²) in [6.07, 6.45) is 0. The molecule has 0 aliphatic carbocycles. The molecule has 3 aromatic rings. The van der Waals surface area contributed by atoms with E-state index in [9.17, 15) is 4.79 Å². The van der Waals surface area contributed by atoms with E-state index in [4.69, 9.17) is 11.6 Å². The number of fused-ring (bicyclic) bond motifs is 1. The molecular weight excluding hydrogens is 358 g/mol.